The van der Waals surface area contributed by atoms with Crippen molar-refractivity contribution < 1.29 is 5.11 Å². The van der Waals surface area contributed by atoms with E-state index in [0.29, 0.717) is 0 Å². The van der Waals surface area contributed by atoms with Crippen LogP contribution >= 0.6 is 11.6 Å². The topological polar surface area (TPSA) is 94.0 Å². The number of alkyl halides is 1. The molecule has 1 unspecified atom stereocenters. The van der Waals surface area contributed by atoms with Crippen molar-refractivity contribution in [1.82, 2.24) is 14.8 Å². The molecular weight excluding hydrogens is 196 g/mol. The van der Waals surface area contributed by atoms with Gasteiger partial charge in [-0.05, 0) is 0 Å². The number of rotatable bonds is 3. The number of hydrogen-bond acceptors (Lipinski definition) is 5. The van der Waals surface area contributed by atoms with Gasteiger partial charge in [-0.2, -0.15) is 10.1 Å². The molecule has 0 aromatic carbocycles. The van der Waals surface area contributed by atoms with E-state index >= 15 is 0 Å². The van der Waals surface area contributed by atoms with Crippen LogP contribution in [0.5, 0.6) is 0 Å². The van der Waals surface area contributed by atoms with Gasteiger partial charge in [-0.1, -0.05) is 0 Å². The van der Waals surface area contributed by atoms with E-state index in [-0.39, 0.29) is 19.1 Å². The Bertz CT molecular complexity index is 340. The van der Waals surface area contributed by atoms with Gasteiger partial charge in [0.15, 0.2) is 0 Å². The lowest BCUT2D eigenvalue weighted by Gasteiger charge is -2.09. The van der Waals surface area contributed by atoms with E-state index in [1.165, 1.54) is 4.68 Å². The number of hydrogen-bond donors (Lipinski definition) is 2. The molecule has 1 atom stereocenters. The molecule has 1 aromatic rings. The molecule has 0 aliphatic carbocycles. The molecule has 0 fully saturated rings. The largest absolute Gasteiger partial charge is 0.395 e. The normalized spacial score (nSPS) is 12.8. The number of aromatic nitrogens is 3. The molecule has 1 aromatic heterocycles. The van der Waals surface area contributed by atoms with Crippen LogP contribution in [0.4, 0.5) is 5.95 Å². The number of halogens is 1. The highest BCUT2D eigenvalue weighted by molar-refractivity contribution is 6.20. The summed E-state index contributed by atoms with van der Waals surface area (Å²) in [5.74, 6) is -0.00778. The Kier molecular flexibility index (Phi) is 3.21. The Morgan fingerprint density at radius 1 is 1.77 bits per heavy atom. The number of aliphatic hydroxyl groups is 1. The lowest BCUT2D eigenvalue weighted by Crippen LogP contribution is -2.23. The lowest BCUT2D eigenvalue weighted by molar-refractivity contribution is 0.280. The highest BCUT2D eigenvalue weighted by Crippen LogP contribution is 2.00. The number of nitrogen functional groups attached to an aromatic ring is 1. The molecule has 6 nitrogen and oxygen atoms in total. The van der Waals surface area contributed by atoms with Gasteiger partial charge >= 0.3 is 0 Å². The maximum absolute atomic E-state index is 10.6. The Morgan fingerprint density at radius 2 is 2.46 bits per heavy atom. The fourth-order valence-electron chi connectivity index (χ4n) is 0.764. The van der Waals surface area contributed by atoms with Gasteiger partial charge in [-0.15, -0.1) is 11.6 Å². The molecule has 0 amide bonds. The van der Waals surface area contributed by atoms with Crippen molar-refractivity contribution in [3.05, 3.63) is 16.6 Å². The SMILES string of the molecule is Nc1nc(=O)cnn1CC(Cl)CO. The zero-order valence-electron chi connectivity index (χ0n) is 6.72. The number of nitrogens with two attached hydrogens (primary N) is 1. The Hall–Kier alpha value is -1.14. The first-order valence-electron chi connectivity index (χ1n) is 3.58. The van der Waals surface area contributed by atoms with Crippen molar-refractivity contribution in [2.24, 2.45) is 0 Å². The predicted molar refractivity (Wildman–Crippen MR) is 47.4 cm³/mol. The second-order valence-electron chi connectivity index (χ2n) is 2.41. The summed E-state index contributed by atoms with van der Waals surface area (Å²) in [5.41, 5.74) is 4.88. The van der Waals surface area contributed by atoms with Crippen LogP contribution in [0.2, 0.25) is 0 Å². The second kappa shape index (κ2) is 4.20. The zero-order valence-corrected chi connectivity index (χ0v) is 7.48. The smallest absolute Gasteiger partial charge is 0.293 e. The third kappa shape index (κ3) is 2.67. The maximum atomic E-state index is 10.6. The van der Waals surface area contributed by atoms with Crippen molar-refractivity contribution in [3.63, 3.8) is 0 Å². The van der Waals surface area contributed by atoms with Crippen LogP contribution in [0.25, 0.3) is 0 Å². The molecule has 3 N–H and O–H groups in total. The average molecular weight is 205 g/mol. The first-order chi connectivity index (χ1) is 6.13. The first-order valence-corrected chi connectivity index (χ1v) is 4.01. The Morgan fingerprint density at radius 3 is 3.00 bits per heavy atom. The van der Waals surface area contributed by atoms with E-state index < -0.39 is 10.9 Å². The molecule has 1 rings (SSSR count). The zero-order chi connectivity index (χ0) is 9.84. The van der Waals surface area contributed by atoms with Crippen molar-refractivity contribution in [2.45, 2.75) is 11.9 Å². The van der Waals surface area contributed by atoms with Gasteiger partial charge in [-0.3, -0.25) is 4.79 Å². The lowest BCUT2D eigenvalue weighted by atomic mass is 10.4. The van der Waals surface area contributed by atoms with Crippen molar-refractivity contribution >= 4 is 17.5 Å². The van der Waals surface area contributed by atoms with E-state index in [4.69, 9.17) is 22.4 Å². The van der Waals surface area contributed by atoms with Crippen LogP contribution in [-0.2, 0) is 6.54 Å². The first kappa shape index (κ1) is 9.94. The van der Waals surface area contributed by atoms with Crippen molar-refractivity contribution in [3.8, 4) is 0 Å². The van der Waals surface area contributed by atoms with Gasteiger partial charge in [-0.25, -0.2) is 4.68 Å². The van der Waals surface area contributed by atoms with Gasteiger partial charge < -0.3 is 10.8 Å². The van der Waals surface area contributed by atoms with Crippen LogP contribution in [0.3, 0.4) is 0 Å². The summed E-state index contributed by atoms with van der Waals surface area (Å²) in [7, 11) is 0. The van der Waals surface area contributed by atoms with Crippen LogP contribution in [-0.4, -0.2) is 31.9 Å². The number of anilines is 1. The van der Waals surface area contributed by atoms with Crippen molar-refractivity contribution in [1.29, 1.82) is 0 Å². The van der Waals surface area contributed by atoms with E-state index in [2.05, 4.69) is 10.1 Å². The molecule has 7 heteroatoms. The molecule has 0 bridgehead atoms. The fourth-order valence-corrected chi connectivity index (χ4v) is 0.895. The standard InChI is InChI=1S/C6H9ClN4O2/c7-4(3-12)2-11-6(8)10-5(13)1-9-11/h1,4,12H,2-3H2,(H2,8,10,13). The van der Waals surface area contributed by atoms with Gasteiger partial charge in [0, 0.05) is 0 Å². The summed E-state index contributed by atoms with van der Waals surface area (Å²) in [5, 5.41) is 11.8. The Labute approximate surface area is 79.0 Å². The molecular formula is C6H9ClN4O2. The summed E-state index contributed by atoms with van der Waals surface area (Å²) in [6, 6.07) is 0. The fraction of sp³-hybridized carbons (Fsp3) is 0.500. The van der Waals surface area contributed by atoms with E-state index in [0.717, 1.165) is 6.20 Å². The minimum Gasteiger partial charge on any atom is -0.395 e. The molecule has 0 aliphatic heterocycles. The maximum Gasteiger partial charge on any atom is 0.293 e. The molecule has 72 valence electrons. The van der Waals surface area contributed by atoms with Gasteiger partial charge in [0.1, 0.15) is 6.20 Å². The quantitative estimate of drug-likeness (QED) is 0.605. The number of aliphatic hydroxyl groups excluding tert-OH is 1. The highest BCUT2D eigenvalue weighted by Gasteiger charge is 2.06. The summed E-state index contributed by atoms with van der Waals surface area (Å²) in [6.07, 6.45) is 1.04. The van der Waals surface area contributed by atoms with Crippen LogP contribution in [0.1, 0.15) is 0 Å². The number of nitrogens with zero attached hydrogens (tertiary/aromatic N) is 3. The molecule has 0 saturated heterocycles. The molecule has 1 heterocycles. The monoisotopic (exact) mass is 204 g/mol. The average Bonchev–Trinajstić information content (AvgIpc) is 2.09. The Balaban J connectivity index is 2.83. The van der Waals surface area contributed by atoms with E-state index in [9.17, 15) is 4.79 Å². The van der Waals surface area contributed by atoms with Crippen LogP contribution in [0, 0.1) is 0 Å². The van der Waals surface area contributed by atoms with Crippen molar-refractivity contribution in [2.75, 3.05) is 12.3 Å². The van der Waals surface area contributed by atoms with E-state index in [1.807, 2.05) is 0 Å². The molecule has 0 aliphatic rings. The second-order valence-corrected chi connectivity index (χ2v) is 3.03. The summed E-state index contributed by atoms with van der Waals surface area (Å²) < 4.78 is 1.26. The molecule has 0 saturated carbocycles. The molecule has 0 radical (unpaired) electrons. The minimum absolute atomic E-state index is 0.00778. The third-order valence-corrected chi connectivity index (χ3v) is 1.64. The minimum atomic E-state index is -0.496. The highest BCUT2D eigenvalue weighted by atomic mass is 35.5. The summed E-state index contributed by atoms with van der Waals surface area (Å²) in [4.78, 5) is 14.1. The van der Waals surface area contributed by atoms with Crippen LogP contribution in [0.15, 0.2) is 11.0 Å². The van der Waals surface area contributed by atoms with Gasteiger partial charge in [0.2, 0.25) is 5.95 Å². The van der Waals surface area contributed by atoms with Gasteiger partial charge in [0.25, 0.3) is 5.56 Å². The van der Waals surface area contributed by atoms with E-state index in [1.54, 1.807) is 0 Å². The van der Waals surface area contributed by atoms with Crippen LogP contribution < -0.4 is 11.3 Å². The molecule has 13 heavy (non-hydrogen) atoms. The molecule has 0 spiro atoms. The van der Waals surface area contributed by atoms with Gasteiger partial charge in [0.05, 0.1) is 18.5 Å². The summed E-state index contributed by atoms with van der Waals surface area (Å²) in [6.45, 7) is 0.0337. The third-order valence-electron chi connectivity index (χ3n) is 1.37. The predicted octanol–water partition coefficient (Wildman–Crippen LogP) is -1.18. The summed E-state index contributed by atoms with van der Waals surface area (Å²) >= 11 is 5.64.